The number of benzene rings is 2. The first-order valence-electron chi connectivity index (χ1n) is 9.67. The second-order valence-corrected chi connectivity index (χ2v) is 7.84. The fraction of sp³-hybridized carbons (Fsp3) is 0.292. The number of Topliss-reactive ketones (excluding diaryl/α,β-unsaturated/α-hetero) is 1. The summed E-state index contributed by atoms with van der Waals surface area (Å²) in [6.07, 6.45) is 3.00. The second-order valence-electron chi connectivity index (χ2n) is 7.40. The van der Waals surface area contributed by atoms with Crippen molar-refractivity contribution in [3.05, 3.63) is 70.9 Å². The lowest BCUT2D eigenvalue weighted by Gasteiger charge is -2.14. The molecule has 3 heteroatoms. The third kappa shape index (κ3) is 3.46. The molecule has 1 fully saturated rings. The molecule has 1 saturated carbocycles. The minimum absolute atomic E-state index is 0.206. The summed E-state index contributed by atoms with van der Waals surface area (Å²) in [6.45, 7) is 5.00. The Morgan fingerprint density at radius 1 is 1.04 bits per heavy atom. The molecule has 0 unspecified atom stereocenters. The molecular formula is C24H24ClNO. The van der Waals surface area contributed by atoms with E-state index in [-0.39, 0.29) is 5.78 Å². The maximum atomic E-state index is 13.0. The van der Waals surface area contributed by atoms with Crippen LogP contribution in [-0.2, 0) is 6.54 Å². The fourth-order valence-corrected chi connectivity index (χ4v) is 4.01. The molecule has 0 aliphatic heterocycles. The van der Waals surface area contributed by atoms with Crippen LogP contribution in [0.15, 0.2) is 54.6 Å². The zero-order chi connectivity index (χ0) is 19.0. The van der Waals surface area contributed by atoms with Gasteiger partial charge < -0.3 is 4.57 Å². The van der Waals surface area contributed by atoms with Crippen LogP contribution in [0.25, 0.3) is 22.4 Å². The lowest BCUT2D eigenvalue weighted by Crippen LogP contribution is -2.12. The molecule has 0 bridgehead atoms. The van der Waals surface area contributed by atoms with Gasteiger partial charge in [-0.25, -0.2) is 0 Å². The zero-order valence-electron chi connectivity index (χ0n) is 15.8. The minimum atomic E-state index is 0.206. The zero-order valence-corrected chi connectivity index (χ0v) is 16.6. The van der Waals surface area contributed by atoms with Gasteiger partial charge in [0.25, 0.3) is 0 Å². The van der Waals surface area contributed by atoms with Crippen molar-refractivity contribution in [2.45, 2.75) is 39.7 Å². The van der Waals surface area contributed by atoms with Crippen molar-refractivity contribution in [1.82, 2.24) is 4.57 Å². The van der Waals surface area contributed by atoms with E-state index in [1.165, 1.54) is 18.4 Å². The van der Waals surface area contributed by atoms with Gasteiger partial charge in [-0.3, -0.25) is 4.79 Å². The highest BCUT2D eigenvalue weighted by molar-refractivity contribution is 6.30. The van der Waals surface area contributed by atoms with Crippen molar-refractivity contribution in [2.24, 2.45) is 5.92 Å². The lowest BCUT2D eigenvalue weighted by molar-refractivity contribution is 0.0979. The average Bonchev–Trinajstić information content (AvgIpc) is 3.46. The minimum Gasteiger partial charge on any atom is -0.337 e. The van der Waals surface area contributed by atoms with Crippen LogP contribution in [0.2, 0.25) is 5.02 Å². The Kier molecular flexibility index (Phi) is 4.92. The van der Waals surface area contributed by atoms with Crippen molar-refractivity contribution in [2.75, 3.05) is 0 Å². The number of aromatic nitrogens is 1. The molecule has 2 nitrogen and oxygen atoms in total. The molecule has 0 spiro atoms. The predicted octanol–water partition coefficient (Wildman–Crippen LogP) is 6.79. The average molecular weight is 378 g/mol. The first-order valence-corrected chi connectivity index (χ1v) is 10.1. The van der Waals surface area contributed by atoms with Crippen molar-refractivity contribution >= 4 is 17.4 Å². The van der Waals surface area contributed by atoms with E-state index in [0.29, 0.717) is 12.3 Å². The fourth-order valence-electron chi connectivity index (χ4n) is 3.88. The molecule has 0 amide bonds. The summed E-state index contributed by atoms with van der Waals surface area (Å²) < 4.78 is 2.28. The standard InChI is InChI=1S/C24H24ClNO/c1-3-21(27)24-22(18-7-5-4-6-8-18)16(2)23(26(24)15-17-9-10-17)19-11-13-20(25)14-12-19/h4-8,11-14,17H,3,9-10,15H2,1-2H3. The number of halogens is 1. The molecule has 1 heterocycles. The van der Waals surface area contributed by atoms with E-state index in [9.17, 15) is 4.79 Å². The molecule has 0 N–H and O–H groups in total. The number of ketones is 1. The summed E-state index contributed by atoms with van der Waals surface area (Å²) in [7, 11) is 0. The largest absolute Gasteiger partial charge is 0.337 e. The van der Waals surface area contributed by atoms with Crippen LogP contribution in [0.5, 0.6) is 0 Å². The highest BCUT2D eigenvalue weighted by Crippen LogP contribution is 2.41. The van der Waals surface area contributed by atoms with E-state index in [1.54, 1.807) is 0 Å². The Labute approximate surface area is 165 Å². The van der Waals surface area contributed by atoms with Crippen LogP contribution >= 0.6 is 11.6 Å². The summed E-state index contributed by atoms with van der Waals surface area (Å²) >= 11 is 6.12. The maximum absolute atomic E-state index is 13.0. The molecule has 4 rings (SSSR count). The van der Waals surface area contributed by atoms with Gasteiger partial charge in [-0.05, 0) is 54.5 Å². The van der Waals surface area contributed by atoms with Gasteiger partial charge >= 0.3 is 0 Å². The molecule has 27 heavy (non-hydrogen) atoms. The molecule has 3 aromatic rings. The number of carbonyl (C=O) groups is 1. The third-order valence-corrected chi connectivity index (χ3v) is 5.66. The van der Waals surface area contributed by atoms with Crippen LogP contribution in [0.1, 0.15) is 42.2 Å². The summed E-state index contributed by atoms with van der Waals surface area (Å²) in [5.74, 6) is 0.882. The molecule has 2 aromatic carbocycles. The van der Waals surface area contributed by atoms with Crippen LogP contribution < -0.4 is 0 Å². The van der Waals surface area contributed by atoms with Crippen LogP contribution in [0, 0.1) is 12.8 Å². The van der Waals surface area contributed by atoms with E-state index in [2.05, 4.69) is 35.8 Å². The van der Waals surface area contributed by atoms with E-state index in [4.69, 9.17) is 11.6 Å². The number of hydrogen-bond acceptors (Lipinski definition) is 1. The van der Waals surface area contributed by atoms with Crippen molar-refractivity contribution in [3.63, 3.8) is 0 Å². The first kappa shape index (κ1) is 18.1. The second kappa shape index (κ2) is 7.36. The van der Waals surface area contributed by atoms with E-state index in [0.717, 1.165) is 39.6 Å². The number of nitrogens with zero attached hydrogens (tertiary/aromatic N) is 1. The predicted molar refractivity (Wildman–Crippen MR) is 112 cm³/mol. The van der Waals surface area contributed by atoms with Crippen LogP contribution in [0.3, 0.4) is 0 Å². The number of rotatable bonds is 6. The maximum Gasteiger partial charge on any atom is 0.179 e. The first-order chi connectivity index (χ1) is 13.1. The Hall–Kier alpha value is -2.32. The molecule has 0 radical (unpaired) electrons. The SMILES string of the molecule is CCC(=O)c1c(-c2ccccc2)c(C)c(-c2ccc(Cl)cc2)n1CC1CC1. The van der Waals surface area contributed by atoms with Crippen molar-refractivity contribution in [1.29, 1.82) is 0 Å². The molecule has 138 valence electrons. The van der Waals surface area contributed by atoms with Gasteiger partial charge in [-0.1, -0.05) is 61.0 Å². The molecule has 1 aliphatic rings. The molecular weight excluding hydrogens is 354 g/mol. The van der Waals surface area contributed by atoms with Gasteiger partial charge in [0.05, 0.1) is 11.4 Å². The van der Waals surface area contributed by atoms with Gasteiger partial charge in [0.15, 0.2) is 5.78 Å². The molecule has 0 atom stereocenters. The normalized spacial score (nSPS) is 13.7. The Morgan fingerprint density at radius 3 is 2.30 bits per heavy atom. The monoisotopic (exact) mass is 377 g/mol. The summed E-state index contributed by atoms with van der Waals surface area (Å²) in [5, 5.41) is 0.727. The van der Waals surface area contributed by atoms with Gasteiger partial charge in [0.2, 0.25) is 0 Å². The van der Waals surface area contributed by atoms with Crippen LogP contribution in [0.4, 0.5) is 0 Å². The smallest absolute Gasteiger partial charge is 0.179 e. The van der Waals surface area contributed by atoms with Gasteiger partial charge in [0, 0.05) is 23.6 Å². The third-order valence-electron chi connectivity index (χ3n) is 5.41. The molecule has 0 saturated heterocycles. The Bertz CT molecular complexity index is 966. The quantitative estimate of drug-likeness (QED) is 0.433. The summed E-state index contributed by atoms with van der Waals surface area (Å²) in [4.78, 5) is 13.0. The molecule has 1 aliphatic carbocycles. The van der Waals surface area contributed by atoms with Gasteiger partial charge in [-0.2, -0.15) is 0 Å². The highest BCUT2D eigenvalue weighted by Gasteiger charge is 2.30. The van der Waals surface area contributed by atoms with Crippen LogP contribution in [-0.4, -0.2) is 10.4 Å². The van der Waals surface area contributed by atoms with E-state index in [1.807, 2.05) is 37.3 Å². The Balaban J connectivity index is 2.00. The Morgan fingerprint density at radius 2 is 1.70 bits per heavy atom. The molecule has 1 aromatic heterocycles. The van der Waals surface area contributed by atoms with Crippen molar-refractivity contribution in [3.8, 4) is 22.4 Å². The lowest BCUT2D eigenvalue weighted by atomic mass is 9.97. The van der Waals surface area contributed by atoms with Gasteiger partial charge in [-0.15, -0.1) is 0 Å². The highest BCUT2D eigenvalue weighted by atomic mass is 35.5. The summed E-state index contributed by atoms with van der Waals surface area (Å²) in [6, 6.07) is 18.3. The summed E-state index contributed by atoms with van der Waals surface area (Å²) in [5.41, 5.74) is 6.47. The topological polar surface area (TPSA) is 22.0 Å². The van der Waals surface area contributed by atoms with E-state index >= 15 is 0 Å². The number of carbonyl (C=O) groups excluding carboxylic acids is 1. The van der Waals surface area contributed by atoms with E-state index < -0.39 is 0 Å². The number of hydrogen-bond donors (Lipinski definition) is 0. The van der Waals surface area contributed by atoms with Gasteiger partial charge in [0.1, 0.15) is 0 Å². The van der Waals surface area contributed by atoms with Crippen molar-refractivity contribution < 1.29 is 4.79 Å².